The Morgan fingerprint density at radius 3 is 2.59 bits per heavy atom. The van der Waals surface area contributed by atoms with Gasteiger partial charge >= 0.3 is 6.09 Å². The second kappa shape index (κ2) is 8.62. The Morgan fingerprint density at radius 1 is 1.12 bits per heavy atom. The van der Waals surface area contributed by atoms with Gasteiger partial charge in [-0.25, -0.2) is 9.78 Å². The Hall–Kier alpha value is -3.62. The van der Waals surface area contributed by atoms with Crippen LogP contribution in [0.15, 0.2) is 36.5 Å². The number of pyridine rings is 1. The van der Waals surface area contributed by atoms with Crippen molar-refractivity contribution in [2.45, 2.75) is 52.3 Å². The second-order valence-corrected chi connectivity index (χ2v) is 9.97. The molecular formula is C25H31N5O4. The summed E-state index contributed by atoms with van der Waals surface area (Å²) < 4.78 is 13.2. The van der Waals surface area contributed by atoms with E-state index in [4.69, 9.17) is 9.47 Å². The lowest BCUT2D eigenvalue weighted by Gasteiger charge is -2.26. The van der Waals surface area contributed by atoms with E-state index in [1.54, 1.807) is 21.8 Å². The molecule has 4 rings (SSSR count). The largest absolute Gasteiger partial charge is 0.489 e. The summed E-state index contributed by atoms with van der Waals surface area (Å²) in [6.45, 7) is 10.1. The molecular weight excluding hydrogens is 434 g/mol. The number of fused-ring (bicyclic) bond motifs is 2. The highest BCUT2D eigenvalue weighted by molar-refractivity contribution is 5.96. The number of carbonyl (C=O) groups excluding carboxylic acids is 2. The fourth-order valence-electron chi connectivity index (χ4n) is 4.04. The molecule has 0 atom stereocenters. The predicted molar refractivity (Wildman–Crippen MR) is 128 cm³/mol. The van der Waals surface area contributed by atoms with E-state index >= 15 is 0 Å². The van der Waals surface area contributed by atoms with Crippen LogP contribution in [0.1, 0.15) is 56.4 Å². The molecule has 3 aromatic rings. The van der Waals surface area contributed by atoms with E-state index in [9.17, 15) is 9.59 Å². The predicted octanol–water partition coefficient (Wildman–Crippen LogP) is 3.76. The molecule has 0 aliphatic carbocycles. The van der Waals surface area contributed by atoms with Crippen molar-refractivity contribution in [3.8, 4) is 5.75 Å². The van der Waals surface area contributed by atoms with Crippen molar-refractivity contribution in [1.82, 2.24) is 25.0 Å². The SMILES string of the molecule is Cn1nc(C(C)(C)NC(=O)c2nccc3c2OCCN(C(=O)OC(C)(C)C)C3)c2ccccc21. The van der Waals surface area contributed by atoms with E-state index in [-0.39, 0.29) is 24.8 Å². The van der Waals surface area contributed by atoms with Gasteiger partial charge in [-0.15, -0.1) is 0 Å². The second-order valence-electron chi connectivity index (χ2n) is 9.97. The molecule has 0 saturated heterocycles. The van der Waals surface area contributed by atoms with Gasteiger partial charge in [0.25, 0.3) is 5.91 Å². The number of aryl methyl sites for hydroxylation is 1. The minimum atomic E-state index is -0.768. The number of carbonyl (C=O) groups is 2. The number of rotatable bonds is 3. The van der Waals surface area contributed by atoms with Crippen LogP contribution in [0, 0.1) is 0 Å². The molecule has 1 aliphatic rings. The van der Waals surface area contributed by atoms with Crippen LogP contribution < -0.4 is 10.1 Å². The van der Waals surface area contributed by atoms with Gasteiger partial charge in [0.05, 0.1) is 29.8 Å². The van der Waals surface area contributed by atoms with Crippen molar-refractivity contribution in [1.29, 1.82) is 0 Å². The summed E-state index contributed by atoms with van der Waals surface area (Å²) in [5.41, 5.74) is 1.25. The van der Waals surface area contributed by atoms with Crippen LogP contribution >= 0.6 is 0 Å². The summed E-state index contributed by atoms with van der Waals surface area (Å²) >= 11 is 0. The van der Waals surface area contributed by atoms with Crippen molar-refractivity contribution in [2.24, 2.45) is 7.05 Å². The van der Waals surface area contributed by atoms with Crippen LogP contribution in [0.3, 0.4) is 0 Å². The third-order valence-corrected chi connectivity index (χ3v) is 5.60. The molecule has 9 heteroatoms. The van der Waals surface area contributed by atoms with Gasteiger partial charge in [0.2, 0.25) is 0 Å². The number of nitrogens with one attached hydrogen (secondary N) is 1. The molecule has 9 nitrogen and oxygen atoms in total. The van der Waals surface area contributed by atoms with E-state index in [0.717, 1.165) is 16.6 Å². The van der Waals surface area contributed by atoms with Gasteiger partial charge in [0.1, 0.15) is 12.2 Å². The highest BCUT2D eigenvalue weighted by Crippen LogP contribution is 2.30. The van der Waals surface area contributed by atoms with Crippen LogP contribution in [0.2, 0.25) is 0 Å². The molecule has 180 valence electrons. The van der Waals surface area contributed by atoms with Gasteiger partial charge in [0.15, 0.2) is 11.4 Å². The molecule has 3 heterocycles. The highest BCUT2D eigenvalue weighted by atomic mass is 16.6. The number of benzene rings is 1. The van der Waals surface area contributed by atoms with Gasteiger partial charge in [-0.1, -0.05) is 18.2 Å². The van der Waals surface area contributed by atoms with Crippen molar-refractivity contribution < 1.29 is 19.1 Å². The number of amides is 2. The van der Waals surface area contributed by atoms with Crippen LogP contribution in [0.4, 0.5) is 4.79 Å². The summed E-state index contributed by atoms with van der Waals surface area (Å²) in [4.78, 5) is 31.8. The third-order valence-electron chi connectivity index (χ3n) is 5.60. The van der Waals surface area contributed by atoms with Crippen molar-refractivity contribution in [3.63, 3.8) is 0 Å². The first-order chi connectivity index (χ1) is 16.0. The van der Waals surface area contributed by atoms with Gasteiger partial charge in [-0.05, 0) is 46.8 Å². The number of hydrogen-bond acceptors (Lipinski definition) is 6. The number of ether oxygens (including phenoxy) is 2. The third kappa shape index (κ3) is 4.69. The molecule has 0 bridgehead atoms. The van der Waals surface area contributed by atoms with E-state index < -0.39 is 17.2 Å². The van der Waals surface area contributed by atoms with Crippen molar-refractivity contribution in [3.05, 3.63) is 53.5 Å². The monoisotopic (exact) mass is 465 g/mol. The zero-order valence-electron chi connectivity index (χ0n) is 20.5. The van der Waals surface area contributed by atoms with Crippen LogP contribution in [0.5, 0.6) is 5.75 Å². The summed E-state index contributed by atoms with van der Waals surface area (Å²) in [6.07, 6.45) is 1.13. The summed E-state index contributed by atoms with van der Waals surface area (Å²) in [6, 6.07) is 9.65. The van der Waals surface area contributed by atoms with Gasteiger partial charge in [0, 0.05) is 24.2 Å². The first kappa shape index (κ1) is 23.5. The lowest BCUT2D eigenvalue weighted by Crippen LogP contribution is -2.42. The Balaban J connectivity index is 1.59. The minimum absolute atomic E-state index is 0.178. The zero-order valence-corrected chi connectivity index (χ0v) is 20.5. The van der Waals surface area contributed by atoms with Crippen LogP contribution in [-0.4, -0.2) is 50.4 Å². The normalized spacial score (nSPS) is 14.2. The molecule has 2 aromatic heterocycles. The molecule has 2 amide bonds. The van der Waals surface area contributed by atoms with E-state index in [1.165, 1.54) is 0 Å². The molecule has 0 saturated carbocycles. The molecule has 34 heavy (non-hydrogen) atoms. The number of hydrogen-bond donors (Lipinski definition) is 1. The molecule has 0 spiro atoms. The number of para-hydroxylation sites is 1. The average Bonchev–Trinajstić information content (AvgIpc) is 2.95. The Morgan fingerprint density at radius 2 is 1.85 bits per heavy atom. The summed E-state index contributed by atoms with van der Waals surface area (Å²) in [7, 11) is 1.88. The topological polar surface area (TPSA) is 98.6 Å². The van der Waals surface area contributed by atoms with Gasteiger partial charge in [-0.3, -0.25) is 9.48 Å². The summed E-state index contributed by atoms with van der Waals surface area (Å²) in [5.74, 6) is 0.00930. The first-order valence-corrected chi connectivity index (χ1v) is 11.3. The Kier molecular flexibility index (Phi) is 5.97. The Bertz CT molecular complexity index is 1240. The number of aromatic nitrogens is 3. The molecule has 1 aromatic carbocycles. The maximum absolute atomic E-state index is 13.4. The molecule has 0 unspecified atom stereocenters. The average molecular weight is 466 g/mol. The fraction of sp³-hybridized carbons (Fsp3) is 0.440. The minimum Gasteiger partial charge on any atom is -0.489 e. The Labute approximate surface area is 199 Å². The van der Waals surface area contributed by atoms with Crippen molar-refractivity contribution in [2.75, 3.05) is 13.2 Å². The smallest absolute Gasteiger partial charge is 0.410 e. The lowest BCUT2D eigenvalue weighted by molar-refractivity contribution is 0.0225. The zero-order chi connectivity index (χ0) is 24.7. The molecule has 0 radical (unpaired) electrons. The molecule has 1 aliphatic heterocycles. The summed E-state index contributed by atoms with van der Waals surface area (Å²) in [5, 5.41) is 8.70. The van der Waals surface area contributed by atoms with Crippen molar-refractivity contribution >= 4 is 22.9 Å². The maximum Gasteiger partial charge on any atom is 0.410 e. The van der Waals surface area contributed by atoms with E-state index in [0.29, 0.717) is 17.9 Å². The molecule has 0 fully saturated rings. The van der Waals surface area contributed by atoms with Gasteiger partial charge < -0.3 is 19.7 Å². The fourth-order valence-corrected chi connectivity index (χ4v) is 4.04. The van der Waals surface area contributed by atoms with E-state index in [2.05, 4.69) is 15.4 Å². The number of nitrogens with zero attached hydrogens (tertiary/aromatic N) is 4. The van der Waals surface area contributed by atoms with Crippen LogP contribution in [-0.2, 0) is 23.9 Å². The van der Waals surface area contributed by atoms with E-state index in [1.807, 2.05) is 65.9 Å². The lowest BCUT2D eigenvalue weighted by atomic mass is 9.97. The quantitative estimate of drug-likeness (QED) is 0.632. The molecule has 1 N–H and O–H groups in total. The first-order valence-electron chi connectivity index (χ1n) is 11.3. The highest BCUT2D eigenvalue weighted by Gasteiger charge is 2.32. The van der Waals surface area contributed by atoms with Crippen LogP contribution in [0.25, 0.3) is 10.9 Å². The van der Waals surface area contributed by atoms with Gasteiger partial charge in [-0.2, -0.15) is 5.10 Å². The standard InChI is InChI=1S/C25H31N5O4/c1-24(2,3)34-23(32)30-13-14-33-20-16(15-30)11-12-26-19(20)22(31)27-25(4,5)21-17-9-7-8-10-18(17)29(6)28-21/h7-12H,13-15H2,1-6H3,(H,27,31). The maximum atomic E-state index is 13.4.